The lowest BCUT2D eigenvalue weighted by atomic mass is 9.93. The number of hydrogen-bond donors (Lipinski definition) is 0. The van der Waals surface area contributed by atoms with Crippen LogP contribution in [0.25, 0.3) is 17.0 Å². The second-order valence-corrected chi connectivity index (χ2v) is 12.3. The first kappa shape index (κ1) is 30.6. The minimum atomic E-state index is -0.747. The number of nitrogens with zero attached hydrogens (tertiary/aromatic N) is 3. The number of aromatic nitrogens is 2. The smallest absolute Gasteiger partial charge is 0.338 e. The number of para-hydroxylation sites is 2. The largest absolute Gasteiger partial charge is 0.496 e. The molecule has 0 bridgehead atoms. The van der Waals surface area contributed by atoms with E-state index in [1.807, 2.05) is 73.7 Å². The number of ether oxygens (including phenoxy) is 2. The zero-order valence-corrected chi connectivity index (χ0v) is 27.2. The Hall–Kier alpha value is -4.40. The normalized spacial score (nSPS) is 14.9. The van der Waals surface area contributed by atoms with Crippen molar-refractivity contribution < 1.29 is 14.3 Å². The summed E-state index contributed by atoms with van der Waals surface area (Å²) in [6.07, 6.45) is 3.30. The molecule has 230 valence electrons. The van der Waals surface area contributed by atoms with Crippen molar-refractivity contribution in [2.45, 2.75) is 46.2 Å². The predicted octanol–water partition coefficient (Wildman–Crippen LogP) is 6.55. The minimum absolute atomic E-state index is 0.211. The van der Waals surface area contributed by atoms with Crippen molar-refractivity contribution in [3.63, 3.8) is 0 Å². The molecule has 0 amide bonds. The van der Waals surface area contributed by atoms with Gasteiger partial charge in [-0.25, -0.2) is 9.79 Å². The van der Waals surface area contributed by atoms with Gasteiger partial charge in [-0.2, -0.15) is 0 Å². The molecule has 0 saturated carbocycles. The molecule has 6 rings (SSSR count). The molecule has 0 N–H and O–H groups in total. The first-order valence-corrected chi connectivity index (χ1v) is 16.2. The summed E-state index contributed by atoms with van der Waals surface area (Å²) in [6, 6.07) is 22.8. The van der Waals surface area contributed by atoms with Crippen molar-refractivity contribution >= 4 is 45.9 Å². The Balaban J connectivity index is 1.59. The summed E-state index contributed by atoms with van der Waals surface area (Å²) in [5.74, 6) is 0.100. The molecule has 1 aliphatic heterocycles. The summed E-state index contributed by atoms with van der Waals surface area (Å²) in [5.41, 5.74) is 5.51. The maximum absolute atomic E-state index is 14.4. The Morgan fingerprint density at radius 1 is 1.04 bits per heavy atom. The number of allylic oxidation sites excluding steroid dienone is 1. The van der Waals surface area contributed by atoms with Crippen LogP contribution in [-0.4, -0.2) is 28.8 Å². The number of methoxy groups -OCH3 is 1. The van der Waals surface area contributed by atoms with Gasteiger partial charge in [0.15, 0.2) is 4.80 Å². The lowest BCUT2D eigenvalue weighted by Crippen LogP contribution is -2.40. The van der Waals surface area contributed by atoms with Crippen LogP contribution in [-0.2, 0) is 16.1 Å². The molecule has 3 heterocycles. The molecule has 45 heavy (non-hydrogen) atoms. The highest BCUT2D eigenvalue weighted by Gasteiger charge is 2.36. The first-order valence-electron chi connectivity index (χ1n) is 15.0. The Bertz CT molecular complexity index is 2140. The van der Waals surface area contributed by atoms with E-state index >= 15 is 0 Å². The fourth-order valence-electron chi connectivity index (χ4n) is 6.08. The maximum atomic E-state index is 14.4. The van der Waals surface area contributed by atoms with Crippen LogP contribution in [0.1, 0.15) is 55.1 Å². The Morgan fingerprint density at radius 3 is 2.53 bits per heavy atom. The molecule has 0 aliphatic carbocycles. The fraction of sp³-hybridized carbons (Fsp3) is 0.250. The first-order chi connectivity index (χ1) is 21.9. The number of benzene rings is 3. The zero-order chi connectivity index (χ0) is 31.7. The average Bonchev–Trinajstić information content (AvgIpc) is 3.50. The second kappa shape index (κ2) is 12.9. The van der Waals surface area contributed by atoms with Crippen LogP contribution in [0.15, 0.2) is 93.9 Å². The van der Waals surface area contributed by atoms with E-state index in [4.69, 9.17) is 26.1 Å². The molecule has 1 atom stereocenters. The average molecular weight is 640 g/mol. The van der Waals surface area contributed by atoms with E-state index in [0.717, 1.165) is 34.1 Å². The third kappa shape index (κ3) is 5.53. The number of hydrogen-bond acceptors (Lipinski definition) is 6. The van der Waals surface area contributed by atoms with E-state index in [9.17, 15) is 9.59 Å². The molecule has 1 aliphatic rings. The summed E-state index contributed by atoms with van der Waals surface area (Å²) < 4.78 is 15.6. The number of esters is 1. The van der Waals surface area contributed by atoms with Gasteiger partial charge in [-0.3, -0.25) is 9.36 Å². The van der Waals surface area contributed by atoms with Crippen molar-refractivity contribution in [3.8, 4) is 5.75 Å². The van der Waals surface area contributed by atoms with Crippen LogP contribution in [0.3, 0.4) is 0 Å². The van der Waals surface area contributed by atoms with Crippen LogP contribution in [0.4, 0.5) is 0 Å². The van der Waals surface area contributed by atoms with Gasteiger partial charge in [0, 0.05) is 39.3 Å². The van der Waals surface area contributed by atoms with Crippen molar-refractivity contribution in [3.05, 3.63) is 131 Å². The fourth-order valence-corrected chi connectivity index (χ4v) is 7.28. The molecular weight excluding hydrogens is 606 g/mol. The van der Waals surface area contributed by atoms with Crippen LogP contribution in [0.5, 0.6) is 5.75 Å². The highest BCUT2D eigenvalue weighted by atomic mass is 35.5. The van der Waals surface area contributed by atoms with Gasteiger partial charge in [-0.15, -0.1) is 0 Å². The number of fused-ring (bicyclic) bond motifs is 2. The number of carbonyl (C=O) groups is 1. The van der Waals surface area contributed by atoms with Crippen molar-refractivity contribution in [2.75, 3.05) is 13.7 Å². The number of rotatable bonds is 9. The minimum Gasteiger partial charge on any atom is -0.496 e. The summed E-state index contributed by atoms with van der Waals surface area (Å²) in [6.45, 7) is 6.69. The molecule has 0 saturated heterocycles. The van der Waals surface area contributed by atoms with E-state index in [1.165, 1.54) is 11.3 Å². The SMILES string of the molecule is CCCC1=C(C(=O)OCC)C(c2ccccc2OC)n2c(sc(=Cc3c(C)n(Cc4ccccc4Cl)c4ccccc34)c2=O)=N1. The topological polar surface area (TPSA) is 74.8 Å². The van der Waals surface area contributed by atoms with Crippen molar-refractivity contribution in [1.29, 1.82) is 0 Å². The summed E-state index contributed by atoms with van der Waals surface area (Å²) in [7, 11) is 1.59. The highest BCUT2D eigenvalue weighted by Crippen LogP contribution is 2.37. The molecule has 3 aromatic carbocycles. The Kier molecular flexibility index (Phi) is 8.79. The lowest BCUT2D eigenvalue weighted by molar-refractivity contribution is -0.139. The Labute approximate surface area is 270 Å². The maximum Gasteiger partial charge on any atom is 0.338 e. The summed E-state index contributed by atoms with van der Waals surface area (Å²) in [5, 5.41) is 1.74. The monoisotopic (exact) mass is 639 g/mol. The third-order valence-electron chi connectivity index (χ3n) is 8.17. The molecule has 2 aromatic heterocycles. The number of thiazole rings is 1. The van der Waals surface area contributed by atoms with Gasteiger partial charge in [-0.1, -0.05) is 90.9 Å². The van der Waals surface area contributed by atoms with Gasteiger partial charge in [0.2, 0.25) is 0 Å². The van der Waals surface area contributed by atoms with Gasteiger partial charge in [0.1, 0.15) is 11.8 Å². The quantitative estimate of drug-likeness (QED) is 0.171. The van der Waals surface area contributed by atoms with Crippen LogP contribution in [0, 0.1) is 6.92 Å². The van der Waals surface area contributed by atoms with Crippen molar-refractivity contribution in [1.82, 2.24) is 9.13 Å². The highest BCUT2D eigenvalue weighted by molar-refractivity contribution is 7.07. The van der Waals surface area contributed by atoms with Crippen molar-refractivity contribution in [2.24, 2.45) is 4.99 Å². The van der Waals surface area contributed by atoms with Gasteiger partial charge in [0.05, 0.1) is 29.5 Å². The van der Waals surface area contributed by atoms with Gasteiger partial charge in [-0.05, 0) is 50.1 Å². The van der Waals surface area contributed by atoms with E-state index < -0.39 is 12.0 Å². The molecule has 7 nitrogen and oxygen atoms in total. The zero-order valence-electron chi connectivity index (χ0n) is 25.7. The number of halogens is 1. The molecule has 9 heteroatoms. The molecular formula is C36H34ClN3O4S. The van der Waals surface area contributed by atoms with Crippen LogP contribution >= 0.6 is 22.9 Å². The summed E-state index contributed by atoms with van der Waals surface area (Å²) >= 11 is 7.88. The molecule has 0 radical (unpaired) electrons. The van der Waals surface area contributed by atoms with Crippen LogP contribution < -0.4 is 19.6 Å². The van der Waals surface area contributed by atoms with E-state index in [-0.39, 0.29) is 12.2 Å². The van der Waals surface area contributed by atoms with Gasteiger partial charge in [0.25, 0.3) is 5.56 Å². The Morgan fingerprint density at radius 2 is 1.78 bits per heavy atom. The second-order valence-electron chi connectivity index (χ2n) is 10.8. The van der Waals surface area contributed by atoms with Gasteiger partial charge < -0.3 is 14.0 Å². The summed E-state index contributed by atoms with van der Waals surface area (Å²) in [4.78, 5) is 33.4. The van der Waals surface area contributed by atoms with E-state index in [0.29, 0.717) is 49.9 Å². The van der Waals surface area contributed by atoms with E-state index in [2.05, 4.69) is 23.6 Å². The van der Waals surface area contributed by atoms with Crippen LogP contribution in [0.2, 0.25) is 5.02 Å². The van der Waals surface area contributed by atoms with E-state index in [1.54, 1.807) is 18.6 Å². The lowest BCUT2D eigenvalue weighted by Gasteiger charge is -2.26. The standard InChI is InChI=1S/C36H34ClN3O4S/c1-5-13-28-32(35(42)44-6-2)33(25-16-9-12-19-30(25)43-4)40-34(41)31(45-36(40)38-28)20-26-22(3)39(29-18-11-8-15-24(26)29)21-23-14-7-10-17-27(23)37/h7-12,14-20,33H,5-6,13,21H2,1-4H3. The molecule has 5 aromatic rings. The molecule has 0 spiro atoms. The molecule has 1 unspecified atom stereocenters. The predicted molar refractivity (Wildman–Crippen MR) is 180 cm³/mol. The third-order valence-corrected chi connectivity index (χ3v) is 9.52. The molecule has 0 fully saturated rings. The van der Waals surface area contributed by atoms with Gasteiger partial charge >= 0.3 is 5.97 Å². The number of carbonyl (C=O) groups excluding carboxylic acids is 1.